The summed E-state index contributed by atoms with van der Waals surface area (Å²) < 4.78 is 4.57. The van der Waals surface area contributed by atoms with E-state index in [-0.39, 0.29) is 18.1 Å². The number of carbonyl (C=O) groups is 1. The molecule has 0 amide bonds. The second kappa shape index (κ2) is 5.24. The van der Waals surface area contributed by atoms with Crippen LogP contribution < -0.4 is 5.73 Å². The lowest BCUT2D eigenvalue weighted by Crippen LogP contribution is -2.37. The molecule has 0 rings (SSSR count). The van der Waals surface area contributed by atoms with Gasteiger partial charge in [-0.15, -0.1) is 0 Å². The van der Waals surface area contributed by atoms with Crippen LogP contribution in [0.3, 0.4) is 0 Å². The summed E-state index contributed by atoms with van der Waals surface area (Å²) in [5.41, 5.74) is 5.51. The molecule has 0 aromatic rings. The summed E-state index contributed by atoms with van der Waals surface area (Å²) in [6.45, 7) is 3.56. The smallest absolute Gasteiger partial charge is 0.156 e. The molecular weight excluding hydrogens is 158 g/mol. The predicted octanol–water partition coefficient (Wildman–Crippen LogP) is -0.106. The Balaban J connectivity index is 3.86. The van der Waals surface area contributed by atoms with E-state index in [1.54, 1.807) is 13.8 Å². The molecule has 0 saturated heterocycles. The maximum Gasteiger partial charge on any atom is 0.156 e. The van der Waals surface area contributed by atoms with Gasteiger partial charge in [0.15, 0.2) is 12.1 Å². The van der Waals surface area contributed by atoms with E-state index >= 15 is 0 Å². The van der Waals surface area contributed by atoms with Gasteiger partial charge in [0.2, 0.25) is 0 Å². The maximum absolute atomic E-state index is 11.2. The van der Waals surface area contributed by atoms with Crippen molar-refractivity contribution in [2.45, 2.75) is 32.6 Å². The topological polar surface area (TPSA) is 72.6 Å². The number of rotatable bonds is 5. The molecule has 0 spiro atoms. The number of aliphatic hydroxyl groups is 1. The minimum atomic E-state index is -0.942. The molecule has 2 atom stereocenters. The molecule has 0 bridgehead atoms. The average Bonchev–Trinajstić information content (AvgIpc) is 2.02. The molecule has 3 N–H and O–H groups in total. The summed E-state index contributed by atoms with van der Waals surface area (Å²) in [6.07, 6.45) is -0.782. The number of hydrogen-bond acceptors (Lipinski definition) is 4. The zero-order chi connectivity index (χ0) is 9.72. The third-order valence-corrected chi connectivity index (χ3v) is 1.66. The SMILES string of the molecule is COC(O)CC(N)C(=O)C(C)C. The van der Waals surface area contributed by atoms with Gasteiger partial charge in [-0.3, -0.25) is 4.79 Å². The molecule has 0 saturated carbocycles. The highest BCUT2D eigenvalue weighted by molar-refractivity contribution is 5.85. The highest BCUT2D eigenvalue weighted by atomic mass is 16.6. The summed E-state index contributed by atoms with van der Waals surface area (Å²) in [5.74, 6) is -0.143. The first-order chi connectivity index (χ1) is 5.49. The van der Waals surface area contributed by atoms with Crippen LogP contribution in [0.15, 0.2) is 0 Å². The molecule has 0 heterocycles. The predicted molar refractivity (Wildman–Crippen MR) is 45.5 cm³/mol. The van der Waals surface area contributed by atoms with E-state index < -0.39 is 12.3 Å². The van der Waals surface area contributed by atoms with Gasteiger partial charge in [0.1, 0.15) is 0 Å². The zero-order valence-electron chi connectivity index (χ0n) is 7.78. The lowest BCUT2D eigenvalue weighted by molar-refractivity contribution is -0.127. The van der Waals surface area contributed by atoms with Gasteiger partial charge in [0, 0.05) is 19.4 Å². The summed E-state index contributed by atoms with van der Waals surface area (Å²) in [6, 6.07) is -0.625. The molecule has 0 aromatic heterocycles. The third kappa shape index (κ3) is 3.80. The third-order valence-electron chi connectivity index (χ3n) is 1.66. The second-order valence-electron chi connectivity index (χ2n) is 3.09. The molecule has 0 aliphatic rings. The van der Waals surface area contributed by atoms with Crippen LogP contribution in [0.4, 0.5) is 0 Å². The Bertz CT molecular complexity index is 147. The standard InChI is InChI=1S/C8H17NO3/c1-5(2)8(11)6(9)4-7(10)12-3/h5-7,10H,4,9H2,1-3H3. The van der Waals surface area contributed by atoms with Crippen LogP contribution in [0.5, 0.6) is 0 Å². The minimum absolute atomic E-state index is 0.0499. The van der Waals surface area contributed by atoms with Crippen molar-refractivity contribution in [3.05, 3.63) is 0 Å². The van der Waals surface area contributed by atoms with Crippen molar-refractivity contribution in [3.8, 4) is 0 Å². The Morgan fingerprint density at radius 1 is 1.58 bits per heavy atom. The van der Waals surface area contributed by atoms with E-state index in [2.05, 4.69) is 4.74 Å². The van der Waals surface area contributed by atoms with Crippen LogP contribution >= 0.6 is 0 Å². The van der Waals surface area contributed by atoms with Crippen LogP contribution in [-0.2, 0) is 9.53 Å². The Labute approximate surface area is 72.7 Å². The quantitative estimate of drug-likeness (QED) is 0.572. The molecule has 0 aliphatic carbocycles. The maximum atomic E-state index is 11.2. The van der Waals surface area contributed by atoms with Gasteiger partial charge >= 0.3 is 0 Å². The first-order valence-electron chi connectivity index (χ1n) is 3.99. The Morgan fingerprint density at radius 2 is 2.08 bits per heavy atom. The first-order valence-corrected chi connectivity index (χ1v) is 3.99. The fraction of sp³-hybridized carbons (Fsp3) is 0.875. The van der Waals surface area contributed by atoms with Crippen molar-refractivity contribution in [1.29, 1.82) is 0 Å². The molecule has 0 fully saturated rings. The number of ether oxygens (including phenoxy) is 1. The monoisotopic (exact) mass is 175 g/mol. The van der Waals surface area contributed by atoms with Gasteiger partial charge < -0.3 is 15.6 Å². The Kier molecular flexibility index (Phi) is 5.04. The molecule has 2 unspecified atom stereocenters. The van der Waals surface area contributed by atoms with Gasteiger partial charge in [-0.25, -0.2) is 0 Å². The van der Waals surface area contributed by atoms with Crippen molar-refractivity contribution >= 4 is 5.78 Å². The van der Waals surface area contributed by atoms with Crippen molar-refractivity contribution in [3.63, 3.8) is 0 Å². The lowest BCUT2D eigenvalue weighted by Gasteiger charge is -2.15. The fourth-order valence-corrected chi connectivity index (χ4v) is 0.858. The van der Waals surface area contributed by atoms with Gasteiger partial charge in [-0.05, 0) is 0 Å². The average molecular weight is 175 g/mol. The summed E-state index contributed by atoms with van der Waals surface area (Å²) in [5, 5.41) is 9.00. The highest BCUT2D eigenvalue weighted by Gasteiger charge is 2.19. The van der Waals surface area contributed by atoms with E-state index in [0.29, 0.717) is 0 Å². The molecule has 0 aromatic carbocycles. The molecule has 72 valence electrons. The molecule has 12 heavy (non-hydrogen) atoms. The Morgan fingerprint density at radius 3 is 2.42 bits per heavy atom. The number of aliphatic hydroxyl groups excluding tert-OH is 1. The van der Waals surface area contributed by atoms with Crippen LogP contribution in [0.2, 0.25) is 0 Å². The zero-order valence-corrected chi connectivity index (χ0v) is 7.78. The normalized spacial score (nSPS) is 16.2. The number of methoxy groups -OCH3 is 1. The van der Waals surface area contributed by atoms with Crippen LogP contribution in [0.1, 0.15) is 20.3 Å². The number of nitrogens with two attached hydrogens (primary N) is 1. The molecule has 4 nitrogen and oxygen atoms in total. The second-order valence-corrected chi connectivity index (χ2v) is 3.09. The minimum Gasteiger partial charge on any atom is -0.368 e. The molecule has 0 radical (unpaired) electrons. The Hall–Kier alpha value is -0.450. The molecule has 0 aliphatic heterocycles. The van der Waals surface area contributed by atoms with E-state index in [1.165, 1.54) is 7.11 Å². The molecule has 4 heteroatoms. The van der Waals surface area contributed by atoms with E-state index in [9.17, 15) is 4.79 Å². The summed E-state index contributed by atoms with van der Waals surface area (Å²) in [4.78, 5) is 11.2. The lowest BCUT2D eigenvalue weighted by atomic mass is 10.00. The van der Waals surface area contributed by atoms with Crippen molar-refractivity contribution in [2.24, 2.45) is 11.7 Å². The number of Topliss-reactive ketones (excluding diaryl/α,β-unsaturated/α-hetero) is 1. The summed E-state index contributed by atoms with van der Waals surface area (Å²) in [7, 11) is 1.37. The van der Waals surface area contributed by atoms with Gasteiger partial charge in [0.05, 0.1) is 6.04 Å². The number of ketones is 1. The molecular formula is C8H17NO3. The fourth-order valence-electron chi connectivity index (χ4n) is 0.858. The highest BCUT2D eigenvalue weighted by Crippen LogP contribution is 2.04. The first kappa shape index (κ1) is 11.6. The van der Waals surface area contributed by atoms with E-state index in [4.69, 9.17) is 10.8 Å². The van der Waals surface area contributed by atoms with Gasteiger partial charge in [-0.2, -0.15) is 0 Å². The van der Waals surface area contributed by atoms with Gasteiger partial charge in [-0.1, -0.05) is 13.8 Å². The van der Waals surface area contributed by atoms with E-state index in [1.807, 2.05) is 0 Å². The van der Waals surface area contributed by atoms with Crippen molar-refractivity contribution in [1.82, 2.24) is 0 Å². The summed E-state index contributed by atoms with van der Waals surface area (Å²) >= 11 is 0. The number of carbonyl (C=O) groups excluding carboxylic acids is 1. The van der Waals surface area contributed by atoms with Gasteiger partial charge in [0.25, 0.3) is 0 Å². The van der Waals surface area contributed by atoms with Crippen LogP contribution in [-0.4, -0.2) is 30.3 Å². The van der Waals surface area contributed by atoms with Crippen molar-refractivity contribution < 1.29 is 14.6 Å². The van der Waals surface area contributed by atoms with E-state index in [0.717, 1.165) is 0 Å². The largest absolute Gasteiger partial charge is 0.368 e. The van der Waals surface area contributed by atoms with Crippen LogP contribution in [0, 0.1) is 5.92 Å². The van der Waals surface area contributed by atoms with Crippen molar-refractivity contribution in [2.75, 3.05) is 7.11 Å². The van der Waals surface area contributed by atoms with Crippen LogP contribution in [0.25, 0.3) is 0 Å². The number of hydrogen-bond donors (Lipinski definition) is 2.